The fraction of sp³-hybridized carbons (Fsp3) is 0.909. The number of rotatable bonds is 2. The normalized spacial score (nSPS) is 41.3. The summed E-state index contributed by atoms with van der Waals surface area (Å²) < 4.78 is 23.1. The molecule has 0 aromatic heterocycles. The van der Waals surface area contributed by atoms with Crippen LogP contribution >= 0.6 is 0 Å². The first-order chi connectivity index (χ1) is 6.97. The van der Waals surface area contributed by atoms with Gasteiger partial charge in [-0.2, -0.15) is 0 Å². The summed E-state index contributed by atoms with van der Waals surface area (Å²) >= 11 is 0. The van der Waals surface area contributed by atoms with Gasteiger partial charge in [0.15, 0.2) is 0 Å². The van der Waals surface area contributed by atoms with Crippen molar-refractivity contribution in [2.75, 3.05) is 6.67 Å². The van der Waals surface area contributed by atoms with Crippen LogP contribution in [0.5, 0.6) is 0 Å². The zero-order chi connectivity index (χ0) is 11.6. The molecule has 1 fully saturated rings. The maximum absolute atomic E-state index is 12.7. The van der Waals surface area contributed by atoms with Crippen molar-refractivity contribution in [3.63, 3.8) is 0 Å². The van der Waals surface area contributed by atoms with Crippen LogP contribution in [0.1, 0.15) is 27.7 Å². The highest BCUT2D eigenvalue weighted by atomic mass is 19.1. The molecule has 5 atom stereocenters. The topological polar surface area (TPSA) is 35.5 Å². The summed E-state index contributed by atoms with van der Waals surface area (Å²) in [5.74, 6) is 0.151. The lowest BCUT2D eigenvalue weighted by Crippen LogP contribution is -2.47. The Hall–Kier alpha value is -0.640. The molecule has 0 aromatic carbocycles. The molecule has 3 nitrogen and oxygen atoms in total. The summed E-state index contributed by atoms with van der Waals surface area (Å²) in [6.45, 7) is 6.77. The Morgan fingerprint density at radius 3 is 2.33 bits per heavy atom. The Kier molecular flexibility index (Phi) is 4.08. The standard InChI is InChI=1S/C11H19FO3/c1-6-7(2)10(5-12)15-11(8(6)3)14-9(4)13/h6-8,10-11H,5H2,1-4H3/t6-,7-,8?,10?,11+/m0/s1. The molecule has 0 aromatic rings. The van der Waals surface area contributed by atoms with Crippen molar-refractivity contribution >= 4 is 5.97 Å². The van der Waals surface area contributed by atoms with E-state index in [4.69, 9.17) is 9.47 Å². The van der Waals surface area contributed by atoms with E-state index in [0.717, 1.165) is 0 Å². The molecule has 0 bridgehead atoms. The van der Waals surface area contributed by atoms with E-state index in [9.17, 15) is 9.18 Å². The highest BCUT2D eigenvalue weighted by Gasteiger charge is 2.40. The van der Waals surface area contributed by atoms with Crippen LogP contribution in [0.15, 0.2) is 0 Å². The first-order valence-corrected chi connectivity index (χ1v) is 5.36. The highest BCUT2D eigenvalue weighted by Crippen LogP contribution is 2.35. The second-order valence-electron chi connectivity index (χ2n) is 4.38. The van der Waals surface area contributed by atoms with Gasteiger partial charge in [-0.3, -0.25) is 4.79 Å². The number of halogens is 1. The maximum Gasteiger partial charge on any atom is 0.304 e. The minimum absolute atomic E-state index is 0.103. The van der Waals surface area contributed by atoms with Crippen LogP contribution in [0.3, 0.4) is 0 Å². The first-order valence-electron chi connectivity index (χ1n) is 5.36. The van der Waals surface area contributed by atoms with E-state index >= 15 is 0 Å². The molecule has 0 aliphatic carbocycles. The van der Waals surface area contributed by atoms with Gasteiger partial charge in [0.1, 0.15) is 6.67 Å². The quantitative estimate of drug-likeness (QED) is 0.666. The predicted molar refractivity (Wildman–Crippen MR) is 53.9 cm³/mol. The Balaban J connectivity index is 2.69. The highest BCUT2D eigenvalue weighted by molar-refractivity contribution is 5.66. The molecule has 1 aliphatic rings. The van der Waals surface area contributed by atoms with E-state index in [-0.39, 0.29) is 23.7 Å². The van der Waals surface area contributed by atoms with Crippen molar-refractivity contribution in [2.45, 2.75) is 40.1 Å². The molecule has 0 spiro atoms. The van der Waals surface area contributed by atoms with Crippen molar-refractivity contribution in [3.8, 4) is 0 Å². The third-order valence-corrected chi connectivity index (χ3v) is 3.42. The lowest BCUT2D eigenvalue weighted by Gasteiger charge is -2.41. The SMILES string of the molecule is CC(=O)O[C@@H]1OC(CF)[C@@H](C)[C@H](C)C1C. The monoisotopic (exact) mass is 218 g/mol. The van der Waals surface area contributed by atoms with E-state index in [1.165, 1.54) is 6.92 Å². The van der Waals surface area contributed by atoms with E-state index < -0.39 is 19.1 Å². The second kappa shape index (κ2) is 4.92. The molecule has 1 aliphatic heterocycles. The third-order valence-electron chi connectivity index (χ3n) is 3.42. The molecule has 88 valence electrons. The van der Waals surface area contributed by atoms with Gasteiger partial charge in [-0.15, -0.1) is 0 Å². The molecule has 4 heteroatoms. The minimum Gasteiger partial charge on any atom is -0.436 e. The van der Waals surface area contributed by atoms with Crippen molar-refractivity contribution in [1.29, 1.82) is 0 Å². The van der Waals surface area contributed by atoms with E-state index in [1.54, 1.807) is 0 Å². The summed E-state index contributed by atoms with van der Waals surface area (Å²) in [5, 5.41) is 0. The largest absolute Gasteiger partial charge is 0.436 e. The summed E-state index contributed by atoms with van der Waals surface area (Å²) in [7, 11) is 0. The van der Waals surface area contributed by atoms with Crippen LogP contribution in [0.2, 0.25) is 0 Å². The molecule has 1 heterocycles. The smallest absolute Gasteiger partial charge is 0.304 e. The van der Waals surface area contributed by atoms with Gasteiger partial charge in [0, 0.05) is 12.8 Å². The molecule has 0 saturated carbocycles. The zero-order valence-corrected chi connectivity index (χ0v) is 9.70. The Labute approximate surface area is 89.9 Å². The zero-order valence-electron chi connectivity index (χ0n) is 9.70. The molecule has 15 heavy (non-hydrogen) atoms. The minimum atomic E-state index is -0.602. The van der Waals surface area contributed by atoms with Crippen LogP contribution in [0, 0.1) is 17.8 Å². The van der Waals surface area contributed by atoms with Crippen LogP contribution in [-0.2, 0) is 14.3 Å². The molecule has 0 amide bonds. The predicted octanol–water partition coefficient (Wildman–Crippen LogP) is 2.15. The van der Waals surface area contributed by atoms with Gasteiger partial charge in [-0.05, 0) is 11.8 Å². The van der Waals surface area contributed by atoms with E-state index in [1.807, 2.05) is 20.8 Å². The number of hydrogen-bond acceptors (Lipinski definition) is 3. The van der Waals surface area contributed by atoms with E-state index in [2.05, 4.69) is 0 Å². The van der Waals surface area contributed by atoms with Crippen molar-refractivity contribution < 1.29 is 18.7 Å². The van der Waals surface area contributed by atoms with Gasteiger partial charge in [0.2, 0.25) is 6.29 Å². The number of ether oxygens (including phenoxy) is 2. The van der Waals surface area contributed by atoms with Gasteiger partial charge in [0.05, 0.1) is 6.10 Å². The van der Waals surface area contributed by atoms with Crippen molar-refractivity contribution in [1.82, 2.24) is 0 Å². The molecule has 2 unspecified atom stereocenters. The summed E-state index contributed by atoms with van der Waals surface area (Å²) in [6.07, 6.45) is -1.06. The summed E-state index contributed by atoms with van der Waals surface area (Å²) in [4.78, 5) is 10.8. The number of esters is 1. The van der Waals surface area contributed by atoms with Crippen LogP contribution in [0.25, 0.3) is 0 Å². The van der Waals surface area contributed by atoms with Crippen molar-refractivity contribution in [3.05, 3.63) is 0 Å². The fourth-order valence-electron chi connectivity index (χ4n) is 1.96. The van der Waals surface area contributed by atoms with Gasteiger partial charge in [-0.25, -0.2) is 4.39 Å². The van der Waals surface area contributed by atoms with Crippen molar-refractivity contribution in [2.24, 2.45) is 17.8 Å². The van der Waals surface area contributed by atoms with E-state index in [0.29, 0.717) is 0 Å². The average Bonchev–Trinajstić information content (AvgIpc) is 2.18. The maximum atomic E-state index is 12.7. The molecular weight excluding hydrogens is 199 g/mol. The van der Waals surface area contributed by atoms with Crippen LogP contribution in [-0.4, -0.2) is 25.0 Å². The first kappa shape index (κ1) is 12.4. The number of carbonyl (C=O) groups excluding carboxylic acids is 1. The Morgan fingerprint density at radius 1 is 1.27 bits per heavy atom. The molecule has 1 saturated heterocycles. The molecule has 1 rings (SSSR count). The van der Waals surface area contributed by atoms with Crippen LogP contribution < -0.4 is 0 Å². The number of alkyl halides is 1. The molecule has 0 radical (unpaired) electrons. The number of carbonyl (C=O) groups is 1. The van der Waals surface area contributed by atoms with Gasteiger partial charge in [-0.1, -0.05) is 20.8 Å². The third kappa shape index (κ3) is 2.68. The molecule has 0 N–H and O–H groups in total. The lowest BCUT2D eigenvalue weighted by molar-refractivity contribution is -0.243. The number of hydrogen-bond donors (Lipinski definition) is 0. The summed E-state index contributed by atoms with van der Waals surface area (Å²) in [5.41, 5.74) is 0. The summed E-state index contributed by atoms with van der Waals surface area (Å²) in [6, 6.07) is 0. The Bertz CT molecular complexity index is 230. The lowest BCUT2D eigenvalue weighted by atomic mass is 9.79. The van der Waals surface area contributed by atoms with Crippen LogP contribution in [0.4, 0.5) is 4.39 Å². The van der Waals surface area contributed by atoms with Gasteiger partial charge >= 0.3 is 5.97 Å². The molecular formula is C11H19FO3. The Morgan fingerprint density at radius 2 is 1.87 bits per heavy atom. The van der Waals surface area contributed by atoms with Gasteiger partial charge < -0.3 is 9.47 Å². The average molecular weight is 218 g/mol. The fourth-order valence-corrected chi connectivity index (χ4v) is 1.96. The van der Waals surface area contributed by atoms with Gasteiger partial charge in [0.25, 0.3) is 0 Å². The second-order valence-corrected chi connectivity index (χ2v) is 4.38.